The lowest BCUT2D eigenvalue weighted by Crippen LogP contribution is -2.56. The molecule has 0 saturated carbocycles. The van der Waals surface area contributed by atoms with Gasteiger partial charge >= 0.3 is 18.0 Å². The SMILES string of the molecule is COC(=O)CNCCC1(C(=O)OC)CCCN1C(=O)OC(C)(C)C. The molecule has 1 amide bonds. The number of nitrogens with zero attached hydrogens (tertiary/aromatic N) is 1. The van der Waals surface area contributed by atoms with Crippen LogP contribution in [0.3, 0.4) is 0 Å². The zero-order valence-electron chi connectivity index (χ0n) is 15.1. The van der Waals surface area contributed by atoms with Gasteiger partial charge in [-0.3, -0.25) is 9.69 Å². The fourth-order valence-corrected chi connectivity index (χ4v) is 2.78. The molecule has 1 saturated heterocycles. The van der Waals surface area contributed by atoms with Gasteiger partial charge in [0.1, 0.15) is 11.1 Å². The zero-order chi connectivity index (χ0) is 18.4. The fraction of sp³-hybridized carbons (Fsp3) is 0.812. The Bertz CT molecular complexity index is 474. The monoisotopic (exact) mass is 344 g/mol. The molecule has 1 fully saturated rings. The van der Waals surface area contributed by atoms with Gasteiger partial charge in [-0.25, -0.2) is 9.59 Å². The molecule has 138 valence electrons. The Balaban J connectivity index is 2.83. The van der Waals surface area contributed by atoms with Crippen molar-refractivity contribution < 1.29 is 28.6 Å². The molecule has 0 aromatic rings. The Morgan fingerprint density at radius 3 is 2.38 bits per heavy atom. The number of carbonyl (C=O) groups excluding carboxylic acids is 3. The average Bonchev–Trinajstić information content (AvgIpc) is 2.94. The summed E-state index contributed by atoms with van der Waals surface area (Å²) in [5.74, 6) is -0.858. The largest absolute Gasteiger partial charge is 0.468 e. The first-order chi connectivity index (χ1) is 11.2. The molecule has 0 aliphatic carbocycles. The summed E-state index contributed by atoms with van der Waals surface area (Å²) in [5.41, 5.74) is -1.72. The van der Waals surface area contributed by atoms with Crippen LogP contribution in [0.4, 0.5) is 4.79 Å². The molecule has 0 radical (unpaired) electrons. The van der Waals surface area contributed by atoms with Crippen molar-refractivity contribution in [1.82, 2.24) is 10.2 Å². The Hall–Kier alpha value is -1.83. The molecule has 24 heavy (non-hydrogen) atoms. The number of nitrogens with one attached hydrogen (secondary N) is 1. The van der Waals surface area contributed by atoms with Crippen molar-refractivity contribution >= 4 is 18.0 Å². The molecular weight excluding hydrogens is 316 g/mol. The van der Waals surface area contributed by atoms with Crippen LogP contribution in [0.5, 0.6) is 0 Å². The molecule has 0 bridgehead atoms. The van der Waals surface area contributed by atoms with E-state index in [1.54, 1.807) is 20.8 Å². The van der Waals surface area contributed by atoms with Crippen LogP contribution >= 0.6 is 0 Å². The molecule has 1 heterocycles. The maximum Gasteiger partial charge on any atom is 0.411 e. The topological polar surface area (TPSA) is 94.2 Å². The van der Waals surface area contributed by atoms with Crippen LogP contribution in [0.15, 0.2) is 0 Å². The third kappa shape index (κ3) is 5.09. The predicted octanol–water partition coefficient (Wildman–Crippen LogP) is 1.08. The number of hydrogen-bond donors (Lipinski definition) is 1. The van der Waals surface area contributed by atoms with Gasteiger partial charge in [-0.1, -0.05) is 0 Å². The maximum absolute atomic E-state index is 12.5. The van der Waals surface area contributed by atoms with E-state index in [1.165, 1.54) is 19.1 Å². The van der Waals surface area contributed by atoms with Gasteiger partial charge < -0.3 is 19.5 Å². The average molecular weight is 344 g/mol. The second-order valence-electron chi connectivity index (χ2n) is 6.76. The first-order valence-electron chi connectivity index (χ1n) is 8.03. The van der Waals surface area contributed by atoms with Crippen molar-refractivity contribution in [2.45, 2.75) is 51.2 Å². The van der Waals surface area contributed by atoms with E-state index in [2.05, 4.69) is 10.1 Å². The normalized spacial score (nSPS) is 20.6. The Morgan fingerprint density at radius 2 is 1.83 bits per heavy atom. The smallest absolute Gasteiger partial charge is 0.411 e. The summed E-state index contributed by atoms with van der Waals surface area (Å²) in [6, 6.07) is 0. The number of esters is 2. The van der Waals surface area contributed by atoms with Crippen LogP contribution in [0, 0.1) is 0 Å². The van der Waals surface area contributed by atoms with Crippen molar-refractivity contribution in [2.75, 3.05) is 33.9 Å². The highest BCUT2D eigenvalue weighted by molar-refractivity contribution is 5.86. The quantitative estimate of drug-likeness (QED) is 0.438. The summed E-state index contributed by atoms with van der Waals surface area (Å²) in [6.07, 6.45) is 0.985. The van der Waals surface area contributed by atoms with Gasteiger partial charge in [0, 0.05) is 6.54 Å². The van der Waals surface area contributed by atoms with Gasteiger partial charge in [-0.15, -0.1) is 0 Å². The third-order valence-electron chi connectivity index (χ3n) is 3.88. The molecule has 1 unspecified atom stereocenters. The predicted molar refractivity (Wildman–Crippen MR) is 86.4 cm³/mol. The number of hydrogen-bond acceptors (Lipinski definition) is 7. The standard InChI is InChI=1S/C16H28N2O6/c1-15(2,3)24-14(21)18-10-6-7-16(18,13(20)23-5)8-9-17-11-12(19)22-4/h17H,6-11H2,1-5H3. The van der Waals surface area contributed by atoms with E-state index in [0.29, 0.717) is 32.4 Å². The van der Waals surface area contributed by atoms with Crippen LogP contribution in [0.25, 0.3) is 0 Å². The van der Waals surface area contributed by atoms with Crippen molar-refractivity contribution in [1.29, 1.82) is 0 Å². The third-order valence-corrected chi connectivity index (χ3v) is 3.88. The molecular formula is C16H28N2O6. The summed E-state index contributed by atoms with van der Waals surface area (Å²) in [7, 11) is 2.61. The van der Waals surface area contributed by atoms with Crippen LogP contribution in [0.2, 0.25) is 0 Å². The van der Waals surface area contributed by atoms with E-state index in [4.69, 9.17) is 9.47 Å². The first kappa shape index (κ1) is 20.2. The van der Waals surface area contributed by atoms with Gasteiger partial charge in [-0.05, 0) is 46.6 Å². The van der Waals surface area contributed by atoms with Gasteiger partial charge in [-0.2, -0.15) is 0 Å². The van der Waals surface area contributed by atoms with Gasteiger partial charge in [0.25, 0.3) is 0 Å². The van der Waals surface area contributed by atoms with Crippen LogP contribution in [-0.4, -0.2) is 67.9 Å². The van der Waals surface area contributed by atoms with Gasteiger partial charge in [0.05, 0.1) is 20.8 Å². The molecule has 0 aromatic carbocycles. The summed E-state index contributed by atoms with van der Waals surface area (Å²) in [6.45, 7) is 6.17. The number of rotatable bonds is 6. The minimum absolute atomic E-state index is 0.0419. The second kappa shape index (κ2) is 8.32. The first-order valence-corrected chi connectivity index (χ1v) is 8.03. The van der Waals surface area contributed by atoms with E-state index in [0.717, 1.165) is 0 Å². The van der Waals surface area contributed by atoms with Gasteiger partial charge in [0.15, 0.2) is 0 Å². The summed E-state index contributed by atoms with van der Waals surface area (Å²) >= 11 is 0. The second-order valence-corrected chi connectivity index (χ2v) is 6.76. The summed E-state index contributed by atoms with van der Waals surface area (Å²) < 4.78 is 14.9. The molecule has 1 rings (SSSR count). The molecule has 1 atom stereocenters. The molecule has 1 N–H and O–H groups in total. The van der Waals surface area contributed by atoms with Crippen molar-refractivity contribution in [3.8, 4) is 0 Å². The number of likely N-dealkylation sites (tertiary alicyclic amines) is 1. The van der Waals surface area contributed by atoms with E-state index in [1.807, 2.05) is 0 Å². The Kier molecular flexibility index (Phi) is 7.01. The van der Waals surface area contributed by atoms with Gasteiger partial charge in [0.2, 0.25) is 0 Å². The van der Waals surface area contributed by atoms with Crippen LogP contribution in [0.1, 0.15) is 40.0 Å². The van der Waals surface area contributed by atoms with Crippen LogP contribution in [-0.2, 0) is 23.8 Å². The summed E-state index contributed by atoms with van der Waals surface area (Å²) in [4.78, 5) is 37.5. The summed E-state index contributed by atoms with van der Waals surface area (Å²) in [5, 5.41) is 2.91. The van der Waals surface area contributed by atoms with Crippen LogP contribution < -0.4 is 5.32 Å². The van der Waals surface area contributed by atoms with Crippen molar-refractivity contribution in [3.05, 3.63) is 0 Å². The molecule has 0 aromatic heterocycles. The molecule has 1 aliphatic heterocycles. The van der Waals surface area contributed by atoms with Crippen molar-refractivity contribution in [3.63, 3.8) is 0 Å². The zero-order valence-corrected chi connectivity index (χ0v) is 15.1. The number of methoxy groups -OCH3 is 2. The highest BCUT2D eigenvalue weighted by Crippen LogP contribution is 2.35. The maximum atomic E-state index is 12.5. The molecule has 8 heteroatoms. The number of amides is 1. The minimum Gasteiger partial charge on any atom is -0.468 e. The van der Waals surface area contributed by atoms with Crippen molar-refractivity contribution in [2.24, 2.45) is 0 Å². The fourth-order valence-electron chi connectivity index (χ4n) is 2.78. The highest BCUT2D eigenvalue weighted by Gasteiger charge is 2.51. The Morgan fingerprint density at radius 1 is 1.17 bits per heavy atom. The minimum atomic E-state index is -1.07. The number of carbonyl (C=O) groups is 3. The van der Waals surface area contributed by atoms with E-state index in [-0.39, 0.29) is 6.54 Å². The van der Waals surface area contributed by atoms with E-state index < -0.39 is 29.2 Å². The Labute approximate surface area is 142 Å². The lowest BCUT2D eigenvalue weighted by Gasteiger charge is -2.36. The molecule has 1 aliphatic rings. The molecule has 8 nitrogen and oxygen atoms in total. The van der Waals surface area contributed by atoms with E-state index >= 15 is 0 Å². The lowest BCUT2D eigenvalue weighted by molar-refractivity contribution is -0.153. The highest BCUT2D eigenvalue weighted by atomic mass is 16.6. The molecule has 0 spiro atoms. The lowest BCUT2D eigenvalue weighted by atomic mass is 9.92. The number of ether oxygens (including phenoxy) is 3. The van der Waals surface area contributed by atoms with E-state index in [9.17, 15) is 14.4 Å².